The summed E-state index contributed by atoms with van der Waals surface area (Å²) in [6.07, 6.45) is 0. The summed E-state index contributed by atoms with van der Waals surface area (Å²) in [6.45, 7) is 5.10. The molecule has 0 radical (unpaired) electrons. The zero-order chi connectivity index (χ0) is 40.9. The fraction of sp³-hybridized carbons (Fsp3) is 0.788. The summed E-state index contributed by atoms with van der Waals surface area (Å²) in [5.74, 6) is -6.59. The van der Waals surface area contributed by atoms with Crippen LogP contribution in [0.15, 0.2) is 0 Å². The van der Waals surface area contributed by atoms with E-state index in [1.807, 2.05) is 16.7 Å². The first-order valence-corrected chi connectivity index (χ1v) is 18.4. The van der Waals surface area contributed by atoms with Crippen LogP contribution in [0.2, 0.25) is 0 Å². The van der Waals surface area contributed by atoms with Gasteiger partial charge in [0, 0.05) is 117 Å². The van der Waals surface area contributed by atoms with E-state index in [1.165, 1.54) is 0 Å². The second kappa shape index (κ2) is 25.2. The number of carboxylic acid groups (broad SMARTS) is 6. The van der Waals surface area contributed by atoms with Crippen molar-refractivity contribution in [3.8, 4) is 0 Å². The minimum atomic E-state index is -1.05. The summed E-state index contributed by atoms with van der Waals surface area (Å²) >= 11 is 0. The minimum Gasteiger partial charge on any atom is -0.480 e. The van der Waals surface area contributed by atoms with Crippen LogP contribution in [0.1, 0.15) is 6.92 Å². The largest absolute Gasteiger partial charge is 0.480 e. The molecule has 2 rings (SSSR count). The van der Waals surface area contributed by atoms with E-state index in [4.69, 9.17) is 0 Å². The van der Waals surface area contributed by atoms with Crippen LogP contribution in [-0.2, 0) is 33.6 Å². The number of rotatable bonds is 17. The number of amides is 1. The maximum absolute atomic E-state index is 13.4. The molecule has 1 amide bonds. The highest BCUT2D eigenvalue weighted by atomic mass is 16.4. The molecule has 1 atom stereocenters. The average molecular weight is 790 g/mol. The van der Waals surface area contributed by atoms with E-state index in [9.17, 15) is 64.2 Å². The second-order valence-corrected chi connectivity index (χ2v) is 14.1. The minimum absolute atomic E-state index is 0.0665. The number of aliphatic carboxylic acids is 6. The molecule has 22 heteroatoms. The van der Waals surface area contributed by atoms with Gasteiger partial charge in [-0.15, -0.1) is 0 Å². The molecule has 314 valence electrons. The molecule has 0 saturated carbocycles. The molecular weight excluding hydrogens is 730 g/mol. The quantitative estimate of drug-likeness (QED) is 0.0731. The van der Waals surface area contributed by atoms with E-state index < -0.39 is 41.9 Å². The summed E-state index contributed by atoms with van der Waals surface area (Å²) in [5.41, 5.74) is 0. The van der Waals surface area contributed by atoms with Gasteiger partial charge >= 0.3 is 35.8 Å². The zero-order valence-electron chi connectivity index (χ0n) is 31.7. The molecule has 0 aliphatic carbocycles. The maximum Gasteiger partial charge on any atom is 0.317 e. The first-order chi connectivity index (χ1) is 26.0. The Hall–Kier alpha value is -4.03. The van der Waals surface area contributed by atoms with Gasteiger partial charge in [0.25, 0.3) is 0 Å². The molecule has 0 spiro atoms. The Kier molecular flexibility index (Phi) is 21.6. The number of carboxylic acids is 6. The molecule has 2 fully saturated rings. The van der Waals surface area contributed by atoms with Gasteiger partial charge in [0.2, 0.25) is 5.91 Å². The Morgan fingerprint density at radius 1 is 0.364 bits per heavy atom. The van der Waals surface area contributed by atoms with Gasteiger partial charge in [-0.3, -0.25) is 72.8 Å². The molecule has 2 saturated heterocycles. The van der Waals surface area contributed by atoms with Gasteiger partial charge in [-0.2, -0.15) is 0 Å². The molecule has 0 aromatic carbocycles. The Morgan fingerprint density at radius 3 is 0.745 bits per heavy atom. The molecule has 7 N–H and O–H groups in total. The summed E-state index contributed by atoms with van der Waals surface area (Å²) in [4.78, 5) is 96.7. The lowest BCUT2D eigenvalue weighted by atomic mass is 10.2. The highest BCUT2D eigenvalue weighted by Crippen LogP contribution is 2.05. The fourth-order valence-electron chi connectivity index (χ4n) is 6.55. The normalized spacial score (nSPS) is 20.5. The van der Waals surface area contributed by atoms with E-state index in [0.29, 0.717) is 32.7 Å². The third-order valence-corrected chi connectivity index (χ3v) is 9.32. The molecule has 2 aliphatic rings. The third kappa shape index (κ3) is 22.2. The van der Waals surface area contributed by atoms with Gasteiger partial charge in [0.1, 0.15) is 0 Å². The van der Waals surface area contributed by atoms with E-state index in [1.54, 1.807) is 29.4 Å². The lowest BCUT2D eigenvalue weighted by Crippen LogP contribution is -2.52. The van der Waals surface area contributed by atoms with Crippen molar-refractivity contribution in [2.45, 2.75) is 13.0 Å². The lowest BCUT2D eigenvalue weighted by Gasteiger charge is -2.34. The average Bonchev–Trinajstić information content (AvgIpc) is 3.05. The van der Waals surface area contributed by atoms with Gasteiger partial charge in [0.05, 0.1) is 45.8 Å². The zero-order valence-corrected chi connectivity index (χ0v) is 31.7. The van der Waals surface area contributed by atoms with Crippen LogP contribution in [0, 0.1) is 0 Å². The molecule has 0 bridgehead atoms. The van der Waals surface area contributed by atoms with Crippen LogP contribution in [0.5, 0.6) is 0 Å². The van der Waals surface area contributed by atoms with Crippen molar-refractivity contribution in [3.63, 3.8) is 0 Å². The van der Waals surface area contributed by atoms with E-state index >= 15 is 0 Å². The molecule has 0 aromatic heterocycles. The van der Waals surface area contributed by atoms with Crippen LogP contribution in [0.3, 0.4) is 0 Å². The predicted molar refractivity (Wildman–Crippen MR) is 195 cm³/mol. The Labute approximate surface area is 320 Å². The molecular formula is C33H59N9O13. The van der Waals surface area contributed by atoms with Crippen LogP contribution in [-0.4, -0.2) is 275 Å². The number of nitrogens with one attached hydrogen (secondary N) is 1. The van der Waals surface area contributed by atoms with Crippen molar-refractivity contribution in [2.75, 3.05) is 157 Å². The van der Waals surface area contributed by atoms with Gasteiger partial charge in [0.15, 0.2) is 0 Å². The van der Waals surface area contributed by atoms with Crippen molar-refractivity contribution in [3.05, 3.63) is 0 Å². The van der Waals surface area contributed by atoms with Crippen molar-refractivity contribution < 1.29 is 64.2 Å². The molecule has 2 heterocycles. The number of nitrogens with zero attached hydrogens (tertiary/aromatic N) is 8. The number of carbonyl (C=O) groups is 7. The Balaban J connectivity index is 2.15. The van der Waals surface area contributed by atoms with Crippen LogP contribution in [0.4, 0.5) is 0 Å². The van der Waals surface area contributed by atoms with Crippen LogP contribution in [0.25, 0.3) is 0 Å². The number of hydrogen-bond donors (Lipinski definition) is 7. The molecule has 0 unspecified atom stereocenters. The predicted octanol–water partition coefficient (Wildman–Crippen LogP) is -4.56. The van der Waals surface area contributed by atoms with Crippen LogP contribution >= 0.6 is 0 Å². The van der Waals surface area contributed by atoms with E-state index in [2.05, 4.69) is 5.32 Å². The maximum atomic E-state index is 13.4. The van der Waals surface area contributed by atoms with Crippen LogP contribution < -0.4 is 5.32 Å². The lowest BCUT2D eigenvalue weighted by molar-refractivity contribution is -0.140. The van der Waals surface area contributed by atoms with Crippen molar-refractivity contribution in [2.24, 2.45) is 0 Å². The first-order valence-electron chi connectivity index (χ1n) is 18.4. The van der Waals surface area contributed by atoms with Gasteiger partial charge in [-0.25, -0.2) is 0 Å². The van der Waals surface area contributed by atoms with Crippen molar-refractivity contribution >= 4 is 41.7 Å². The third-order valence-electron chi connectivity index (χ3n) is 9.32. The van der Waals surface area contributed by atoms with Gasteiger partial charge in [-0.1, -0.05) is 0 Å². The SMILES string of the molecule is C[C@@H](CN1CCN(CC(=O)O)CCN(CC(=O)O)CCN(CC(=O)O)CC1)NC(=O)CN1CCN(CC(=O)O)CCN(CC(=O)O)CCN(CC(=O)O)CC1. The summed E-state index contributed by atoms with van der Waals surface area (Å²) in [6, 6.07) is -0.396. The highest BCUT2D eigenvalue weighted by molar-refractivity contribution is 5.78. The van der Waals surface area contributed by atoms with E-state index in [-0.39, 0.29) is 130 Å². The van der Waals surface area contributed by atoms with Gasteiger partial charge in [-0.05, 0) is 6.92 Å². The molecule has 2 aliphatic heterocycles. The topological polar surface area (TPSA) is 279 Å². The molecule has 55 heavy (non-hydrogen) atoms. The summed E-state index contributed by atoms with van der Waals surface area (Å²) in [7, 11) is 0. The standard InChI is InChI=1S/C33H59N9O13/c1-26(18-35-2-6-37(20-28(44)45)10-14-41(24-32(52)53)15-11-38(7-3-35)21-29(46)47)34-27(43)19-36-4-8-39(22-30(48)49)12-16-42(25-33(54)55)17-13-40(9-5-36)23-31(50)51/h26H,2-25H2,1H3,(H,34,43)(H,44,45)(H,46,47)(H,48,49)(H,50,51)(H,52,53)(H,54,55)/t26-/m0/s1. The van der Waals surface area contributed by atoms with E-state index in [0.717, 1.165) is 0 Å². The Morgan fingerprint density at radius 2 is 0.545 bits per heavy atom. The smallest absolute Gasteiger partial charge is 0.317 e. The Bertz CT molecular complexity index is 1220. The highest BCUT2D eigenvalue weighted by Gasteiger charge is 2.24. The van der Waals surface area contributed by atoms with Crippen molar-refractivity contribution in [1.29, 1.82) is 0 Å². The fourth-order valence-corrected chi connectivity index (χ4v) is 6.55. The number of carbonyl (C=O) groups excluding carboxylic acids is 1. The summed E-state index contributed by atoms with van der Waals surface area (Å²) in [5, 5.41) is 59.7. The monoisotopic (exact) mass is 789 g/mol. The van der Waals surface area contributed by atoms with Crippen molar-refractivity contribution in [1.82, 2.24) is 44.5 Å². The number of hydrogen-bond acceptors (Lipinski definition) is 15. The second-order valence-electron chi connectivity index (χ2n) is 14.1. The summed E-state index contributed by atoms with van der Waals surface area (Å²) < 4.78 is 0. The molecule has 22 nitrogen and oxygen atoms in total. The molecule has 0 aromatic rings. The van der Waals surface area contributed by atoms with Gasteiger partial charge < -0.3 is 36.0 Å². The first kappa shape index (κ1) is 47.1.